The normalized spacial score (nSPS) is 23.1. The Morgan fingerprint density at radius 1 is 1.20 bits per heavy atom. The molecule has 1 N–H and O–H groups in total. The van der Waals surface area contributed by atoms with E-state index in [-0.39, 0.29) is 0 Å². The first-order valence-electron chi connectivity index (χ1n) is 8.66. The summed E-state index contributed by atoms with van der Waals surface area (Å²) >= 11 is 0. The average Bonchev–Trinajstić information content (AvgIpc) is 2.87. The summed E-state index contributed by atoms with van der Waals surface area (Å²) in [6.07, 6.45) is 6.40. The third-order valence-corrected chi connectivity index (χ3v) is 4.43. The molecule has 1 rings (SSSR count). The predicted octanol–water partition coefficient (Wildman–Crippen LogP) is 3.29. The summed E-state index contributed by atoms with van der Waals surface area (Å²) in [4.78, 5) is 2.66. The number of nitrogens with zero attached hydrogens (tertiary/aromatic N) is 1. The predicted molar refractivity (Wildman–Crippen MR) is 87.3 cm³/mol. The van der Waals surface area contributed by atoms with Gasteiger partial charge >= 0.3 is 0 Å². The molecule has 0 saturated carbocycles. The Hall–Kier alpha value is -0.120. The fourth-order valence-electron chi connectivity index (χ4n) is 3.02. The first kappa shape index (κ1) is 17.9. The molecule has 120 valence electrons. The molecule has 3 heteroatoms. The molecule has 0 bridgehead atoms. The Morgan fingerprint density at radius 3 is 2.55 bits per heavy atom. The lowest BCUT2D eigenvalue weighted by molar-refractivity contribution is 0.0917. The van der Waals surface area contributed by atoms with E-state index >= 15 is 0 Å². The van der Waals surface area contributed by atoms with Gasteiger partial charge in [0.1, 0.15) is 0 Å². The van der Waals surface area contributed by atoms with Crippen molar-refractivity contribution in [3.05, 3.63) is 0 Å². The minimum Gasteiger partial charge on any atom is -0.381 e. The van der Waals surface area contributed by atoms with E-state index in [9.17, 15) is 0 Å². The number of hydrogen-bond acceptors (Lipinski definition) is 3. The zero-order valence-corrected chi connectivity index (χ0v) is 14.2. The molecule has 1 unspecified atom stereocenters. The van der Waals surface area contributed by atoms with Crippen molar-refractivity contribution in [2.24, 2.45) is 5.41 Å². The van der Waals surface area contributed by atoms with Crippen LogP contribution in [-0.2, 0) is 4.74 Å². The van der Waals surface area contributed by atoms with Gasteiger partial charge in [-0.1, -0.05) is 26.7 Å². The molecular weight excluding hydrogens is 248 g/mol. The summed E-state index contributed by atoms with van der Waals surface area (Å²) in [7, 11) is 0. The van der Waals surface area contributed by atoms with Crippen LogP contribution in [-0.4, -0.2) is 50.3 Å². The van der Waals surface area contributed by atoms with Gasteiger partial charge in [-0.3, -0.25) is 0 Å². The second kappa shape index (κ2) is 9.75. The van der Waals surface area contributed by atoms with Gasteiger partial charge in [0.15, 0.2) is 0 Å². The smallest absolute Gasteiger partial charge is 0.0547 e. The summed E-state index contributed by atoms with van der Waals surface area (Å²) < 4.78 is 5.73. The Bertz CT molecular complexity index is 237. The van der Waals surface area contributed by atoms with Crippen LogP contribution in [0.15, 0.2) is 0 Å². The summed E-state index contributed by atoms with van der Waals surface area (Å²) in [5.41, 5.74) is 0.339. The van der Waals surface area contributed by atoms with Gasteiger partial charge in [0.05, 0.1) is 6.61 Å². The average molecular weight is 284 g/mol. The highest BCUT2D eigenvalue weighted by Gasteiger charge is 2.36. The summed E-state index contributed by atoms with van der Waals surface area (Å²) in [5.74, 6) is 0. The van der Waals surface area contributed by atoms with E-state index < -0.39 is 0 Å². The quantitative estimate of drug-likeness (QED) is 0.589. The van der Waals surface area contributed by atoms with E-state index in [2.05, 4.69) is 37.9 Å². The highest BCUT2D eigenvalue weighted by Crippen LogP contribution is 2.30. The number of hydrogen-bond donors (Lipinski definition) is 1. The van der Waals surface area contributed by atoms with Crippen molar-refractivity contribution in [1.29, 1.82) is 0 Å². The molecule has 0 radical (unpaired) electrons. The van der Waals surface area contributed by atoms with Gasteiger partial charge in [-0.25, -0.2) is 0 Å². The van der Waals surface area contributed by atoms with Gasteiger partial charge in [0, 0.05) is 31.2 Å². The van der Waals surface area contributed by atoms with Crippen molar-refractivity contribution in [3.8, 4) is 0 Å². The highest BCUT2D eigenvalue weighted by molar-refractivity contribution is 4.89. The molecule has 0 aromatic rings. The molecule has 0 amide bonds. The van der Waals surface area contributed by atoms with E-state index in [1.807, 2.05) is 0 Å². The standard InChI is InChI=1S/C17H36N2O/c1-5-7-8-11-19(16(3)4)14-17(9-12-20-15-17)13-18-10-6-2/h16,18H,5-15H2,1-4H3. The van der Waals surface area contributed by atoms with Crippen LogP contribution in [0.4, 0.5) is 0 Å². The van der Waals surface area contributed by atoms with Crippen molar-refractivity contribution >= 4 is 0 Å². The van der Waals surface area contributed by atoms with Crippen LogP contribution in [0, 0.1) is 5.41 Å². The minimum absolute atomic E-state index is 0.339. The zero-order chi connectivity index (χ0) is 14.8. The maximum Gasteiger partial charge on any atom is 0.0547 e. The topological polar surface area (TPSA) is 24.5 Å². The van der Waals surface area contributed by atoms with Crippen molar-refractivity contribution in [2.45, 2.75) is 65.8 Å². The summed E-state index contributed by atoms with van der Waals surface area (Å²) in [5, 5.41) is 3.62. The van der Waals surface area contributed by atoms with E-state index in [4.69, 9.17) is 4.74 Å². The van der Waals surface area contributed by atoms with Gasteiger partial charge in [0.25, 0.3) is 0 Å². The van der Waals surface area contributed by atoms with E-state index in [1.54, 1.807) is 0 Å². The molecule has 0 spiro atoms. The SMILES string of the molecule is CCCCCN(CC1(CNCCC)CCOC1)C(C)C. The van der Waals surface area contributed by atoms with Gasteiger partial charge < -0.3 is 15.0 Å². The van der Waals surface area contributed by atoms with Crippen LogP contribution in [0.1, 0.15) is 59.8 Å². The fourth-order valence-corrected chi connectivity index (χ4v) is 3.02. The van der Waals surface area contributed by atoms with Crippen molar-refractivity contribution in [2.75, 3.05) is 39.4 Å². The van der Waals surface area contributed by atoms with Crippen LogP contribution in [0.3, 0.4) is 0 Å². The van der Waals surface area contributed by atoms with Gasteiger partial charge in [-0.2, -0.15) is 0 Å². The minimum atomic E-state index is 0.339. The van der Waals surface area contributed by atoms with Crippen LogP contribution in [0.2, 0.25) is 0 Å². The molecule has 0 aromatic carbocycles. The van der Waals surface area contributed by atoms with Crippen LogP contribution >= 0.6 is 0 Å². The first-order valence-corrected chi connectivity index (χ1v) is 8.66. The molecular formula is C17H36N2O. The van der Waals surface area contributed by atoms with Crippen LogP contribution in [0.25, 0.3) is 0 Å². The number of unbranched alkanes of at least 4 members (excludes halogenated alkanes) is 2. The number of rotatable bonds is 11. The van der Waals surface area contributed by atoms with Crippen LogP contribution < -0.4 is 5.32 Å². The third kappa shape index (κ3) is 6.11. The Balaban J connectivity index is 2.51. The lowest BCUT2D eigenvalue weighted by atomic mass is 9.86. The van der Waals surface area contributed by atoms with E-state index in [1.165, 1.54) is 45.2 Å². The molecule has 1 aliphatic rings. The third-order valence-electron chi connectivity index (χ3n) is 4.43. The molecule has 1 atom stereocenters. The highest BCUT2D eigenvalue weighted by atomic mass is 16.5. The van der Waals surface area contributed by atoms with Gasteiger partial charge in [-0.15, -0.1) is 0 Å². The molecule has 0 aliphatic carbocycles. The molecule has 1 heterocycles. The van der Waals surface area contributed by atoms with Crippen molar-refractivity contribution < 1.29 is 4.74 Å². The van der Waals surface area contributed by atoms with Crippen molar-refractivity contribution in [3.63, 3.8) is 0 Å². The first-order chi connectivity index (χ1) is 9.63. The van der Waals surface area contributed by atoms with Crippen molar-refractivity contribution in [1.82, 2.24) is 10.2 Å². The Morgan fingerprint density at radius 2 is 2.00 bits per heavy atom. The number of ether oxygens (including phenoxy) is 1. The van der Waals surface area contributed by atoms with Gasteiger partial charge in [-0.05, 0) is 46.2 Å². The maximum atomic E-state index is 5.73. The molecule has 20 heavy (non-hydrogen) atoms. The second-order valence-corrected chi connectivity index (χ2v) is 6.75. The Labute approximate surface area is 126 Å². The van der Waals surface area contributed by atoms with E-state index in [0.717, 1.165) is 26.3 Å². The monoisotopic (exact) mass is 284 g/mol. The van der Waals surface area contributed by atoms with E-state index in [0.29, 0.717) is 11.5 Å². The summed E-state index contributed by atoms with van der Waals surface area (Å²) in [6.45, 7) is 15.7. The lowest BCUT2D eigenvalue weighted by Gasteiger charge is -2.37. The lowest BCUT2D eigenvalue weighted by Crippen LogP contribution is -2.47. The number of nitrogens with one attached hydrogen (secondary N) is 1. The van der Waals surface area contributed by atoms with Crippen LogP contribution in [0.5, 0.6) is 0 Å². The molecule has 1 fully saturated rings. The Kier molecular flexibility index (Phi) is 8.74. The van der Waals surface area contributed by atoms with Gasteiger partial charge in [0.2, 0.25) is 0 Å². The molecule has 3 nitrogen and oxygen atoms in total. The largest absolute Gasteiger partial charge is 0.381 e. The maximum absolute atomic E-state index is 5.73. The summed E-state index contributed by atoms with van der Waals surface area (Å²) in [6, 6.07) is 0.635. The second-order valence-electron chi connectivity index (χ2n) is 6.75. The molecule has 0 aromatic heterocycles. The molecule has 1 saturated heterocycles. The molecule has 1 aliphatic heterocycles. The zero-order valence-electron chi connectivity index (χ0n) is 14.2. The fraction of sp³-hybridized carbons (Fsp3) is 1.00.